The first kappa shape index (κ1) is 7.37. The predicted octanol–water partition coefficient (Wildman–Crippen LogP) is 2.27. The second kappa shape index (κ2) is 2.47. The van der Waals surface area contributed by atoms with Crippen molar-refractivity contribution in [2.24, 2.45) is 11.8 Å². The minimum atomic E-state index is 1.01. The van der Waals surface area contributed by atoms with Gasteiger partial charge in [-0.15, -0.1) is 0 Å². The maximum atomic E-state index is 2.80. The van der Waals surface area contributed by atoms with Gasteiger partial charge >= 0.3 is 0 Å². The van der Waals surface area contributed by atoms with E-state index in [1.807, 2.05) is 0 Å². The molecule has 2 aliphatic heterocycles. The van der Waals surface area contributed by atoms with E-state index in [0.717, 1.165) is 23.9 Å². The van der Waals surface area contributed by atoms with Crippen molar-refractivity contribution in [3.8, 4) is 0 Å². The fourth-order valence-electron chi connectivity index (χ4n) is 4.28. The van der Waals surface area contributed by atoms with Crippen molar-refractivity contribution in [2.45, 2.75) is 51.1 Å². The summed E-state index contributed by atoms with van der Waals surface area (Å²) in [5, 5.41) is 0. The molecule has 12 heavy (non-hydrogen) atoms. The molecule has 2 saturated heterocycles. The van der Waals surface area contributed by atoms with Crippen LogP contribution in [0.2, 0.25) is 0 Å². The molecule has 0 amide bonds. The van der Waals surface area contributed by atoms with Gasteiger partial charge in [-0.25, -0.2) is 0 Å². The third-order valence-electron chi connectivity index (χ3n) is 4.59. The molecule has 68 valence electrons. The molecule has 0 aromatic rings. The summed E-state index contributed by atoms with van der Waals surface area (Å²) < 4.78 is 0. The third-order valence-corrected chi connectivity index (χ3v) is 4.59. The van der Waals surface area contributed by atoms with Gasteiger partial charge in [0, 0.05) is 12.1 Å². The van der Waals surface area contributed by atoms with Gasteiger partial charge in [-0.1, -0.05) is 13.3 Å². The first-order valence-electron chi connectivity index (χ1n) is 5.67. The van der Waals surface area contributed by atoms with Crippen molar-refractivity contribution in [1.82, 2.24) is 4.90 Å². The van der Waals surface area contributed by atoms with Crippen LogP contribution in [-0.2, 0) is 0 Å². The second-order valence-corrected chi connectivity index (χ2v) is 4.80. The number of hydrogen-bond acceptors (Lipinski definition) is 1. The average Bonchev–Trinajstić information content (AvgIpc) is 2.75. The highest BCUT2D eigenvalue weighted by atomic mass is 15.2. The highest BCUT2D eigenvalue weighted by molar-refractivity contribution is 5.07. The molecule has 3 aliphatic rings. The van der Waals surface area contributed by atoms with Gasteiger partial charge in [-0.05, 0) is 44.1 Å². The van der Waals surface area contributed by atoms with E-state index >= 15 is 0 Å². The minimum Gasteiger partial charge on any atom is -0.297 e. The highest BCUT2D eigenvalue weighted by Crippen LogP contribution is 2.52. The molecule has 0 aromatic carbocycles. The summed E-state index contributed by atoms with van der Waals surface area (Å²) in [7, 11) is 0. The highest BCUT2D eigenvalue weighted by Gasteiger charge is 2.53. The Kier molecular flexibility index (Phi) is 1.52. The van der Waals surface area contributed by atoms with Crippen LogP contribution in [0.4, 0.5) is 0 Å². The lowest BCUT2D eigenvalue weighted by atomic mass is 9.82. The van der Waals surface area contributed by atoms with E-state index in [0.29, 0.717) is 0 Å². The van der Waals surface area contributed by atoms with Crippen LogP contribution in [0.15, 0.2) is 0 Å². The van der Waals surface area contributed by atoms with E-state index in [2.05, 4.69) is 11.8 Å². The van der Waals surface area contributed by atoms with Gasteiger partial charge in [0.15, 0.2) is 0 Å². The molecule has 1 heteroatoms. The Labute approximate surface area is 75.1 Å². The van der Waals surface area contributed by atoms with Crippen LogP contribution in [-0.4, -0.2) is 23.5 Å². The molecule has 3 rings (SSSR count). The van der Waals surface area contributed by atoms with Crippen molar-refractivity contribution in [2.75, 3.05) is 6.54 Å². The van der Waals surface area contributed by atoms with Crippen LogP contribution < -0.4 is 0 Å². The average molecular weight is 165 g/mol. The zero-order chi connectivity index (χ0) is 8.13. The van der Waals surface area contributed by atoms with Crippen LogP contribution in [0.3, 0.4) is 0 Å². The molecule has 1 saturated carbocycles. The lowest BCUT2D eigenvalue weighted by Crippen LogP contribution is -2.30. The molecule has 1 aliphatic carbocycles. The zero-order valence-corrected chi connectivity index (χ0v) is 8.00. The molecule has 1 nitrogen and oxygen atoms in total. The molecule has 0 N–H and O–H groups in total. The topological polar surface area (TPSA) is 3.24 Å². The molecule has 0 spiro atoms. The number of hydrogen-bond donors (Lipinski definition) is 0. The molecule has 0 aromatic heterocycles. The van der Waals surface area contributed by atoms with E-state index in [9.17, 15) is 0 Å². The summed E-state index contributed by atoms with van der Waals surface area (Å²) >= 11 is 0. The van der Waals surface area contributed by atoms with E-state index in [4.69, 9.17) is 0 Å². The largest absolute Gasteiger partial charge is 0.297 e. The Morgan fingerprint density at radius 1 is 1.00 bits per heavy atom. The summed E-state index contributed by atoms with van der Waals surface area (Å²) in [5.74, 6) is 2.23. The van der Waals surface area contributed by atoms with Crippen LogP contribution >= 0.6 is 0 Å². The SMILES string of the molecule is CCN1C2CCC1C1CCCC12. The lowest BCUT2D eigenvalue weighted by molar-refractivity contribution is 0.237. The van der Waals surface area contributed by atoms with E-state index in [-0.39, 0.29) is 0 Å². The summed E-state index contributed by atoms with van der Waals surface area (Å²) in [5.41, 5.74) is 0. The van der Waals surface area contributed by atoms with E-state index in [1.165, 1.54) is 25.8 Å². The minimum absolute atomic E-state index is 1.01. The molecule has 3 fully saturated rings. The molecule has 2 heterocycles. The van der Waals surface area contributed by atoms with Gasteiger partial charge in [0.25, 0.3) is 0 Å². The van der Waals surface area contributed by atoms with Gasteiger partial charge in [-0.3, -0.25) is 4.90 Å². The van der Waals surface area contributed by atoms with Gasteiger partial charge in [0.1, 0.15) is 0 Å². The van der Waals surface area contributed by atoms with Crippen molar-refractivity contribution < 1.29 is 0 Å². The maximum absolute atomic E-state index is 2.80. The van der Waals surface area contributed by atoms with Crippen LogP contribution in [0.1, 0.15) is 39.0 Å². The Hall–Kier alpha value is -0.0400. The first-order chi connectivity index (χ1) is 5.92. The fraction of sp³-hybridized carbons (Fsp3) is 1.00. The smallest absolute Gasteiger partial charge is 0.0130 e. The number of fused-ring (bicyclic) bond motifs is 5. The molecular formula is C11H19N. The maximum Gasteiger partial charge on any atom is 0.0130 e. The molecule has 4 unspecified atom stereocenters. The van der Waals surface area contributed by atoms with Gasteiger partial charge < -0.3 is 0 Å². The fourth-order valence-corrected chi connectivity index (χ4v) is 4.28. The standard InChI is InChI=1S/C11H19N/c1-2-12-10-6-7-11(12)9-5-3-4-8(9)10/h8-11H,2-7H2,1H3. The summed E-state index contributed by atoms with van der Waals surface area (Å²) in [4.78, 5) is 2.80. The predicted molar refractivity (Wildman–Crippen MR) is 50.0 cm³/mol. The van der Waals surface area contributed by atoms with Gasteiger partial charge in [-0.2, -0.15) is 0 Å². The Morgan fingerprint density at radius 3 is 2.08 bits per heavy atom. The van der Waals surface area contributed by atoms with Gasteiger partial charge in [0.05, 0.1) is 0 Å². The molecular weight excluding hydrogens is 146 g/mol. The molecule has 0 radical (unpaired) electrons. The van der Waals surface area contributed by atoms with E-state index < -0.39 is 0 Å². The second-order valence-electron chi connectivity index (χ2n) is 4.80. The van der Waals surface area contributed by atoms with Crippen molar-refractivity contribution >= 4 is 0 Å². The zero-order valence-electron chi connectivity index (χ0n) is 8.00. The quantitative estimate of drug-likeness (QED) is 0.576. The normalized spacial score (nSPS) is 51.8. The van der Waals surface area contributed by atoms with Crippen LogP contribution in [0.25, 0.3) is 0 Å². The third kappa shape index (κ3) is 0.736. The monoisotopic (exact) mass is 165 g/mol. The lowest BCUT2D eigenvalue weighted by Gasteiger charge is -2.21. The van der Waals surface area contributed by atoms with Crippen LogP contribution in [0, 0.1) is 11.8 Å². The molecule has 4 atom stereocenters. The Bertz CT molecular complexity index is 167. The first-order valence-corrected chi connectivity index (χ1v) is 5.67. The van der Waals surface area contributed by atoms with Crippen molar-refractivity contribution in [3.05, 3.63) is 0 Å². The van der Waals surface area contributed by atoms with Gasteiger partial charge in [0.2, 0.25) is 0 Å². The van der Waals surface area contributed by atoms with Crippen LogP contribution in [0.5, 0.6) is 0 Å². The van der Waals surface area contributed by atoms with E-state index in [1.54, 1.807) is 12.8 Å². The number of rotatable bonds is 1. The summed E-state index contributed by atoms with van der Waals surface area (Å²) in [6, 6.07) is 2.01. The van der Waals surface area contributed by atoms with Crippen molar-refractivity contribution in [3.63, 3.8) is 0 Å². The summed E-state index contributed by atoms with van der Waals surface area (Å²) in [6.07, 6.45) is 7.64. The Balaban J connectivity index is 1.88. The molecule has 2 bridgehead atoms. The van der Waals surface area contributed by atoms with Crippen molar-refractivity contribution in [1.29, 1.82) is 0 Å². The number of nitrogens with zero attached hydrogens (tertiary/aromatic N) is 1. The summed E-state index contributed by atoms with van der Waals surface area (Å²) in [6.45, 7) is 3.65. The Morgan fingerprint density at radius 2 is 1.58 bits per heavy atom.